The quantitative estimate of drug-likeness (QED) is 0.657. The van der Waals surface area contributed by atoms with Gasteiger partial charge < -0.3 is 4.90 Å². The van der Waals surface area contributed by atoms with Crippen molar-refractivity contribution in [1.82, 2.24) is 15.3 Å². The smallest absolute Gasteiger partial charge is 0.0239 e. The van der Waals surface area contributed by atoms with Gasteiger partial charge in [-0.15, -0.1) is 0 Å². The minimum Gasteiger partial charge on any atom is -0.303 e. The van der Waals surface area contributed by atoms with Crippen molar-refractivity contribution in [1.29, 1.82) is 0 Å². The third-order valence-electron chi connectivity index (χ3n) is 2.57. The molecule has 1 aliphatic rings. The average molecular weight is 185 g/mol. The molecule has 0 atom stereocenters. The van der Waals surface area contributed by atoms with Gasteiger partial charge in [-0.2, -0.15) is 0 Å². The first-order valence-corrected chi connectivity index (χ1v) is 5.38. The van der Waals surface area contributed by atoms with E-state index in [0.717, 1.165) is 0 Å². The molecule has 13 heavy (non-hydrogen) atoms. The Morgan fingerprint density at radius 3 is 2.38 bits per heavy atom. The lowest BCUT2D eigenvalue weighted by atomic mass is 10.1. The van der Waals surface area contributed by atoms with Crippen LogP contribution in [0.4, 0.5) is 0 Å². The number of nitrogens with zero attached hydrogens (tertiary/aromatic N) is 2. The second kappa shape index (κ2) is 5.58. The Morgan fingerprint density at radius 1 is 1.31 bits per heavy atom. The number of likely N-dealkylation sites (tertiary alicyclic amines) is 1. The van der Waals surface area contributed by atoms with Gasteiger partial charge in [0.1, 0.15) is 0 Å². The van der Waals surface area contributed by atoms with Gasteiger partial charge in [-0.25, -0.2) is 0 Å². The number of hydrogen-bond donors (Lipinski definition) is 1. The molecule has 0 aromatic heterocycles. The highest BCUT2D eigenvalue weighted by atomic mass is 15.5. The van der Waals surface area contributed by atoms with E-state index >= 15 is 0 Å². The Balaban J connectivity index is 2.15. The first-order chi connectivity index (χ1) is 6.22. The monoisotopic (exact) mass is 185 g/mol. The molecule has 1 N–H and O–H groups in total. The van der Waals surface area contributed by atoms with Crippen molar-refractivity contribution in [2.24, 2.45) is 0 Å². The lowest BCUT2D eigenvalue weighted by Gasteiger charge is -2.33. The highest BCUT2D eigenvalue weighted by Crippen LogP contribution is 2.10. The van der Waals surface area contributed by atoms with Crippen LogP contribution in [0, 0.1) is 0 Å². The summed E-state index contributed by atoms with van der Waals surface area (Å²) in [6.07, 6.45) is 3.86. The average Bonchev–Trinajstić information content (AvgIpc) is 2.08. The summed E-state index contributed by atoms with van der Waals surface area (Å²) in [5, 5.41) is 2.07. The molecule has 0 amide bonds. The summed E-state index contributed by atoms with van der Waals surface area (Å²) >= 11 is 0. The largest absolute Gasteiger partial charge is 0.303 e. The summed E-state index contributed by atoms with van der Waals surface area (Å²) in [4.78, 5) is 2.56. The molecule has 3 heteroatoms. The van der Waals surface area contributed by atoms with E-state index in [1.807, 2.05) is 0 Å². The number of piperidine rings is 1. The molecule has 0 spiro atoms. The molecular formula is C10H23N3. The number of hydrogen-bond acceptors (Lipinski definition) is 3. The van der Waals surface area contributed by atoms with Gasteiger partial charge >= 0.3 is 0 Å². The maximum atomic E-state index is 3.45. The van der Waals surface area contributed by atoms with Crippen LogP contribution in [-0.4, -0.2) is 49.7 Å². The zero-order valence-corrected chi connectivity index (χ0v) is 9.21. The third-order valence-corrected chi connectivity index (χ3v) is 2.57. The van der Waals surface area contributed by atoms with E-state index in [4.69, 9.17) is 0 Å². The van der Waals surface area contributed by atoms with E-state index in [9.17, 15) is 0 Å². The summed E-state index contributed by atoms with van der Waals surface area (Å²) in [6, 6.07) is 0.697. The highest BCUT2D eigenvalue weighted by molar-refractivity contribution is 4.75. The molecule has 0 aromatic rings. The fourth-order valence-electron chi connectivity index (χ4n) is 1.97. The first kappa shape index (κ1) is 11.0. The van der Waals surface area contributed by atoms with Crippen LogP contribution in [0.25, 0.3) is 0 Å². The van der Waals surface area contributed by atoms with Crippen LogP contribution in [0.2, 0.25) is 0 Å². The lowest BCUT2D eigenvalue weighted by Crippen LogP contribution is -2.47. The molecule has 0 bridgehead atoms. The Hall–Kier alpha value is -0.120. The zero-order valence-electron chi connectivity index (χ0n) is 9.21. The normalized spacial score (nSPS) is 21.2. The maximum Gasteiger partial charge on any atom is 0.0239 e. The SMILES string of the molecule is CCCN1CCC(NN(C)C)CC1. The van der Waals surface area contributed by atoms with Gasteiger partial charge in [-0.3, -0.25) is 10.4 Å². The molecule has 0 aromatic carbocycles. The molecule has 1 heterocycles. The molecule has 0 unspecified atom stereocenters. The molecule has 0 aliphatic carbocycles. The minimum absolute atomic E-state index is 0.697. The number of rotatable bonds is 4. The Kier molecular flexibility index (Phi) is 4.70. The standard InChI is InChI=1S/C10H23N3/c1-4-7-13-8-5-10(6-9-13)11-12(2)3/h10-11H,4-9H2,1-3H3. The molecule has 1 rings (SSSR count). The van der Waals surface area contributed by atoms with Gasteiger partial charge in [0.25, 0.3) is 0 Å². The summed E-state index contributed by atoms with van der Waals surface area (Å²) in [5.41, 5.74) is 3.45. The van der Waals surface area contributed by atoms with Crippen molar-refractivity contribution in [2.75, 3.05) is 33.7 Å². The van der Waals surface area contributed by atoms with Gasteiger partial charge in [-0.05, 0) is 38.9 Å². The van der Waals surface area contributed by atoms with Crippen molar-refractivity contribution in [3.05, 3.63) is 0 Å². The molecule has 1 aliphatic heterocycles. The predicted octanol–water partition coefficient (Wildman–Crippen LogP) is 0.927. The first-order valence-electron chi connectivity index (χ1n) is 5.38. The summed E-state index contributed by atoms with van der Waals surface area (Å²) in [5.74, 6) is 0. The third kappa shape index (κ3) is 4.07. The van der Waals surface area contributed by atoms with E-state index in [1.54, 1.807) is 0 Å². The molecule has 3 nitrogen and oxygen atoms in total. The van der Waals surface area contributed by atoms with Crippen LogP contribution in [0.15, 0.2) is 0 Å². The minimum atomic E-state index is 0.697. The van der Waals surface area contributed by atoms with Crippen molar-refractivity contribution in [2.45, 2.75) is 32.2 Å². The summed E-state index contributed by atoms with van der Waals surface area (Å²) in [6.45, 7) is 6.05. The second-order valence-electron chi connectivity index (χ2n) is 4.14. The number of nitrogens with one attached hydrogen (secondary N) is 1. The fourth-order valence-corrected chi connectivity index (χ4v) is 1.97. The molecule has 1 saturated heterocycles. The van der Waals surface area contributed by atoms with E-state index in [2.05, 4.69) is 36.4 Å². The van der Waals surface area contributed by atoms with Crippen LogP contribution >= 0.6 is 0 Å². The fraction of sp³-hybridized carbons (Fsp3) is 1.00. The zero-order chi connectivity index (χ0) is 9.68. The van der Waals surface area contributed by atoms with Crippen LogP contribution in [0.5, 0.6) is 0 Å². The van der Waals surface area contributed by atoms with E-state index in [0.29, 0.717) is 6.04 Å². The van der Waals surface area contributed by atoms with E-state index < -0.39 is 0 Å². The van der Waals surface area contributed by atoms with Crippen LogP contribution in [0.3, 0.4) is 0 Å². The van der Waals surface area contributed by atoms with Crippen molar-refractivity contribution < 1.29 is 0 Å². The van der Waals surface area contributed by atoms with Crippen molar-refractivity contribution >= 4 is 0 Å². The molecule has 0 radical (unpaired) electrons. The van der Waals surface area contributed by atoms with Gasteiger partial charge in [0, 0.05) is 20.1 Å². The van der Waals surface area contributed by atoms with Crippen LogP contribution < -0.4 is 5.43 Å². The Morgan fingerprint density at radius 2 is 1.92 bits per heavy atom. The van der Waals surface area contributed by atoms with Crippen LogP contribution in [-0.2, 0) is 0 Å². The van der Waals surface area contributed by atoms with Gasteiger partial charge in [0.05, 0.1) is 0 Å². The van der Waals surface area contributed by atoms with Gasteiger partial charge in [0.15, 0.2) is 0 Å². The second-order valence-corrected chi connectivity index (χ2v) is 4.14. The molecule has 1 fully saturated rings. The molecular weight excluding hydrogens is 162 g/mol. The molecule has 0 saturated carbocycles. The van der Waals surface area contributed by atoms with Gasteiger partial charge in [-0.1, -0.05) is 6.92 Å². The van der Waals surface area contributed by atoms with E-state index in [1.165, 1.54) is 38.9 Å². The topological polar surface area (TPSA) is 18.5 Å². The van der Waals surface area contributed by atoms with Crippen molar-refractivity contribution in [3.8, 4) is 0 Å². The maximum absolute atomic E-state index is 3.45. The summed E-state index contributed by atoms with van der Waals surface area (Å²) in [7, 11) is 4.14. The van der Waals surface area contributed by atoms with Crippen molar-refractivity contribution in [3.63, 3.8) is 0 Å². The van der Waals surface area contributed by atoms with E-state index in [-0.39, 0.29) is 0 Å². The number of hydrazine groups is 1. The highest BCUT2D eigenvalue weighted by Gasteiger charge is 2.18. The summed E-state index contributed by atoms with van der Waals surface area (Å²) < 4.78 is 0. The lowest BCUT2D eigenvalue weighted by molar-refractivity contribution is 0.148. The Bertz CT molecular complexity index is 128. The van der Waals surface area contributed by atoms with Gasteiger partial charge in [0.2, 0.25) is 0 Å². The molecule has 78 valence electrons. The predicted molar refractivity (Wildman–Crippen MR) is 56.6 cm³/mol. The van der Waals surface area contributed by atoms with Crippen LogP contribution in [0.1, 0.15) is 26.2 Å². The Labute approximate surface area is 82.1 Å².